The summed E-state index contributed by atoms with van der Waals surface area (Å²) in [6, 6.07) is 2.16. The summed E-state index contributed by atoms with van der Waals surface area (Å²) in [6.45, 7) is 9.88. The van der Waals surface area contributed by atoms with E-state index < -0.39 is 0 Å². The molecule has 2 heterocycles. The molecule has 1 aliphatic heterocycles. The minimum Gasteiger partial charge on any atom is -0.296 e. The maximum atomic E-state index is 5.90. The van der Waals surface area contributed by atoms with Crippen molar-refractivity contribution in [3.63, 3.8) is 0 Å². The average Bonchev–Trinajstić information content (AvgIpc) is 2.72. The van der Waals surface area contributed by atoms with Gasteiger partial charge in [0.05, 0.1) is 11.7 Å². The van der Waals surface area contributed by atoms with Gasteiger partial charge in [-0.05, 0) is 52.8 Å². The van der Waals surface area contributed by atoms with Crippen molar-refractivity contribution in [2.75, 3.05) is 13.1 Å². The standard InChI is InChI=1S/C15H29N5/c1-4-20-13(9-10-17-20)14(18-16)15(2,3)19-11-7-5-6-8-12-19/h9-10,14,18H,4-8,11-12,16H2,1-3H3. The monoisotopic (exact) mass is 279 g/mol. The third-order valence-corrected chi connectivity index (χ3v) is 4.64. The molecule has 1 fully saturated rings. The van der Waals surface area contributed by atoms with Crippen molar-refractivity contribution in [1.82, 2.24) is 20.1 Å². The maximum Gasteiger partial charge on any atom is 0.0807 e. The lowest BCUT2D eigenvalue weighted by molar-refractivity contribution is 0.0799. The number of rotatable bonds is 5. The first kappa shape index (κ1) is 15.5. The molecule has 0 bridgehead atoms. The number of nitrogens with two attached hydrogens (primary N) is 1. The second-order valence-electron chi connectivity index (χ2n) is 6.23. The molecule has 0 spiro atoms. The molecular formula is C15H29N5. The normalized spacial score (nSPS) is 19.8. The van der Waals surface area contributed by atoms with Crippen LogP contribution in [0.25, 0.3) is 0 Å². The van der Waals surface area contributed by atoms with Crippen LogP contribution in [0, 0.1) is 0 Å². The molecule has 1 saturated heterocycles. The lowest BCUT2D eigenvalue weighted by Crippen LogP contribution is -2.55. The van der Waals surface area contributed by atoms with E-state index in [0.29, 0.717) is 0 Å². The third kappa shape index (κ3) is 3.05. The predicted molar refractivity (Wildman–Crippen MR) is 82.1 cm³/mol. The summed E-state index contributed by atoms with van der Waals surface area (Å²) in [5.74, 6) is 5.90. The number of likely N-dealkylation sites (tertiary alicyclic amines) is 1. The molecule has 114 valence electrons. The minimum atomic E-state index is -0.0218. The van der Waals surface area contributed by atoms with Gasteiger partial charge in [0, 0.05) is 18.3 Å². The molecule has 0 amide bonds. The summed E-state index contributed by atoms with van der Waals surface area (Å²) in [7, 11) is 0. The van der Waals surface area contributed by atoms with Gasteiger partial charge in [0.25, 0.3) is 0 Å². The van der Waals surface area contributed by atoms with Gasteiger partial charge in [-0.1, -0.05) is 12.8 Å². The van der Waals surface area contributed by atoms with E-state index in [1.807, 2.05) is 10.9 Å². The second kappa shape index (κ2) is 6.70. The van der Waals surface area contributed by atoms with Gasteiger partial charge in [0.1, 0.15) is 0 Å². The molecule has 2 rings (SSSR count). The van der Waals surface area contributed by atoms with E-state index in [9.17, 15) is 0 Å². The van der Waals surface area contributed by atoms with Gasteiger partial charge in [-0.2, -0.15) is 5.10 Å². The largest absolute Gasteiger partial charge is 0.296 e. The molecule has 1 aromatic rings. The first-order valence-electron chi connectivity index (χ1n) is 7.84. The van der Waals surface area contributed by atoms with Gasteiger partial charge < -0.3 is 0 Å². The molecule has 1 atom stereocenters. The van der Waals surface area contributed by atoms with Gasteiger partial charge in [0.2, 0.25) is 0 Å². The number of nitrogens with zero attached hydrogens (tertiary/aromatic N) is 3. The molecular weight excluding hydrogens is 250 g/mol. The van der Waals surface area contributed by atoms with Gasteiger partial charge in [-0.15, -0.1) is 0 Å². The fraction of sp³-hybridized carbons (Fsp3) is 0.800. The van der Waals surface area contributed by atoms with Crippen LogP contribution in [0.5, 0.6) is 0 Å². The van der Waals surface area contributed by atoms with Crippen molar-refractivity contribution in [3.05, 3.63) is 18.0 Å². The molecule has 1 aliphatic rings. The van der Waals surface area contributed by atoms with E-state index in [4.69, 9.17) is 5.84 Å². The zero-order valence-corrected chi connectivity index (χ0v) is 13.1. The average molecular weight is 279 g/mol. The second-order valence-corrected chi connectivity index (χ2v) is 6.23. The smallest absolute Gasteiger partial charge is 0.0807 e. The topological polar surface area (TPSA) is 59.1 Å². The third-order valence-electron chi connectivity index (χ3n) is 4.64. The van der Waals surface area contributed by atoms with E-state index in [0.717, 1.165) is 19.6 Å². The number of nitrogens with one attached hydrogen (secondary N) is 1. The van der Waals surface area contributed by atoms with Crippen LogP contribution in [0.2, 0.25) is 0 Å². The highest BCUT2D eigenvalue weighted by Gasteiger charge is 2.37. The molecule has 3 N–H and O–H groups in total. The van der Waals surface area contributed by atoms with Gasteiger partial charge in [-0.25, -0.2) is 5.43 Å². The Balaban J connectivity index is 2.24. The molecule has 1 aromatic heterocycles. The van der Waals surface area contributed by atoms with Crippen LogP contribution in [0.4, 0.5) is 0 Å². The molecule has 0 aliphatic carbocycles. The van der Waals surface area contributed by atoms with E-state index in [1.165, 1.54) is 31.4 Å². The SMILES string of the molecule is CCn1nccc1C(NN)C(C)(C)N1CCCCCC1. The lowest BCUT2D eigenvalue weighted by Gasteiger charge is -2.43. The molecule has 20 heavy (non-hydrogen) atoms. The molecule has 0 radical (unpaired) electrons. The highest BCUT2D eigenvalue weighted by atomic mass is 15.3. The van der Waals surface area contributed by atoms with Crippen LogP contribution >= 0.6 is 0 Å². The van der Waals surface area contributed by atoms with E-state index in [2.05, 4.69) is 42.3 Å². The number of hydrogen-bond acceptors (Lipinski definition) is 4. The fourth-order valence-electron chi connectivity index (χ4n) is 3.33. The fourth-order valence-corrected chi connectivity index (χ4v) is 3.33. The quantitative estimate of drug-likeness (QED) is 0.640. The Kier molecular flexibility index (Phi) is 5.18. The van der Waals surface area contributed by atoms with Crippen LogP contribution < -0.4 is 11.3 Å². The molecule has 5 nitrogen and oxygen atoms in total. The Hall–Kier alpha value is -0.910. The highest BCUT2D eigenvalue weighted by Crippen LogP contribution is 2.32. The van der Waals surface area contributed by atoms with Crippen LogP contribution in [0.3, 0.4) is 0 Å². The van der Waals surface area contributed by atoms with Crippen LogP contribution in [-0.4, -0.2) is 33.3 Å². The Morgan fingerprint density at radius 3 is 2.50 bits per heavy atom. The van der Waals surface area contributed by atoms with E-state index in [-0.39, 0.29) is 11.6 Å². The first-order chi connectivity index (χ1) is 9.61. The summed E-state index contributed by atoms with van der Waals surface area (Å²) < 4.78 is 2.03. The number of hydrogen-bond donors (Lipinski definition) is 2. The summed E-state index contributed by atoms with van der Waals surface area (Å²) >= 11 is 0. The summed E-state index contributed by atoms with van der Waals surface area (Å²) in [5.41, 5.74) is 4.18. The number of aryl methyl sites for hydroxylation is 1. The van der Waals surface area contributed by atoms with Crippen molar-refractivity contribution in [3.8, 4) is 0 Å². The van der Waals surface area contributed by atoms with Crippen molar-refractivity contribution < 1.29 is 0 Å². The van der Waals surface area contributed by atoms with Crippen LogP contribution in [0.1, 0.15) is 58.2 Å². The first-order valence-corrected chi connectivity index (χ1v) is 7.84. The minimum absolute atomic E-state index is 0.0218. The Labute approximate surface area is 122 Å². The van der Waals surface area contributed by atoms with Gasteiger partial charge in [0.15, 0.2) is 0 Å². The van der Waals surface area contributed by atoms with E-state index in [1.54, 1.807) is 0 Å². The van der Waals surface area contributed by atoms with Gasteiger partial charge >= 0.3 is 0 Å². The van der Waals surface area contributed by atoms with Crippen molar-refractivity contribution in [2.24, 2.45) is 5.84 Å². The maximum absolute atomic E-state index is 5.90. The zero-order chi connectivity index (χ0) is 14.6. The van der Waals surface area contributed by atoms with Crippen molar-refractivity contribution >= 4 is 0 Å². The molecule has 0 saturated carbocycles. The van der Waals surface area contributed by atoms with Crippen molar-refractivity contribution in [1.29, 1.82) is 0 Å². The van der Waals surface area contributed by atoms with Crippen LogP contribution in [0.15, 0.2) is 12.3 Å². The highest BCUT2D eigenvalue weighted by molar-refractivity contribution is 5.13. The Morgan fingerprint density at radius 1 is 1.30 bits per heavy atom. The Morgan fingerprint density at radius 2 is 1.95 bits per heavy atom. The zero-order valence-electron chi connectivity index (χ0n) is 13.1. The van der Waals surface area contributed by atoms with Gasteiger partial charge in [-0.3, -0.25) is 15.4 Å². The van der Waals surface area contributed by atoms with Crippen LogP contribution in [-0.2, 0) is 6.54 Å². The van der Waals surface area contributed by atoms with Crippen molar-refractivity contribution in [2.45, 2.75) is 64.6 Å². The number of hydrazine groups is 1. The summed E-state index contributed by atoms with van der Waals surface area (Å²) in [5, 5.41) is 4.38. The lowest BCUT2D eigenvalue weighted by atomic mass is 9.89. The summed E-state index contributed by atoms with van der Waals surface area (Å²) in [4.78, 5) is 2.58. The summed E-state index contributed by atoms with van der Waals surface area (Å²) in [6.07, 6.45) is 7.13. The van der Waals surface area contributed by atoms with E-state index >= 15 is 0 Å². The number of aromatic nitrogens is 2. The molecule has 1 unspecified atom stereocenters. The molecule has 5 heteroatoms. The predicted octanol–water partition coefficient (Wildman–Crippen LogP) is 2.06. The molecule has 0 aromatic carbocycles. The Bertz CT molecular complexity index is 404.